The molecule has 6 heteroatoms. The highest BCUT2D eigenvalue weighted by molar-refractivity contribution is 7.07. The second-order valence-electron chi connectivity index (χ2n) is 6.03. The first-order valence-electron chi connectivity index (χ1n) is 8.05. The van der Waals surface area contributed by atoms with Crippen LogP contribution in [-0.2, 0) is 6.54 Å². The van der Waals surface area contributed by atoms with E-state index in [1.54, 1.807) is 0 Å². The fourth-order valence-corrected chi connectivity index (χ4v) is 3.68. The highest BCUT2D eigenvalue weighted by Crippen LogP contribution is 2.18. The van der Waals surface area contributed by atoms with Crippen LogP contribution in [0, 0.1) is 6.92 Å². The zero-order valence-corrected chi connectivity index (χ0v) is 14.3. The Labute approximate surface area is 140 Å². The Bertz CT molecular complexity index is 702. The van der Waals surface area contributed by atoms with Crippen LogP contribution in [0.2, 0.25) is 0 Å². The molecule has 2 heterocycles. The van der Waals surface area contributed by atoms with E-state index in [0.29, 0.717) is 6.54 Å². The summed E-state index contributed by atoms with van der Waals surface area (Å²) in [5, 5.41) is 11.1. The molecule has 23 heavy (non-hydrogen) atoms. The Morgan fingerprint density at radius 1 is 1.17 bits per heavy atom. The van der Waals surface area contributed by atoms with Crippen molar-refractivity contribution < 1.29 is 5.11 Å². The molecule has 1 N–H and O–H groups in total. The van der Waals surface area contributed by atoms with Crippen LogP contribution in [0.4, 0.5) is 5.69 Å². The third kappa shape index (κ3) is 3.95. The van der Waals surface area contributed by atoms with Crippen molar-refractivity contribution in [3.63, 3.8) is 0 Å². The van der Waals surface area contributed by atoms with Crippen molar-refractivity contribution in [3.8, 4) is 5.88 Å². The lowest BCUT2D eigenvalue weighted by molar-refractivity contribution is 0.248. The van der Waals surface area contributed by atoms with Gasteiger partial charge >= 0.3 is 4.87 Å². The van der Waals surface area contributed by atoms with Gasteiger partial charge in [-0.2, -0.15) is 0 Å². The van der Waals surface area contributed by atoms with E-state index >= 15 is 0 Å². The van der Waals surface area contributed by atoms with Crippen LogP contribution in [-0.4, -0.2) is 47.3 Å². The maximum absolute atomic E-state index is 11.6. The van der Waals surface area contributed by atoms with Crippen LogP contribution in [0.1, 0.15) is 12.0 Å². The lowest BCUT2D eigenvalue weighted by atomic mass is 10.2. The lowest BCUT2D eigenvalue weighted by Crippen LogP contribution is -2.46. The van der Waals surface area contributed by atoms with Gasteiger partial charge in [-0.3, -0.25) is 14.3 Å². The minimum Gasteiger partial charge on any atom is -0.494 e. The Kier molecular flexibility index (Phi) is 5.03. The maximum atomic E-state index is 11.6. The van der Waals surface area contributed by atoms with Crippen molar-refractivity contribution in [1.29, 1.82) is 0 Å². The topological polar surface area (TPSA) is 48.7 Å². The highest BCUT2D eigenvalue weighted by Gasteiger charge is 2.17. The Morgan fingerprint density at radius 2 is 1.96 bits per heavy atom. The lowest BCUT2D eigenvalue weighted by Gasteiger charge is -2.36. The van der Waals surface area contributed by atoms with E-state index in [1.165, 1.54) is 21.2 Å². The van der Waals surface area contributed by atoms with Crippen LogP contribution in [0.5, 0.6) is 5.88 Å². The minimum atomic E-state index is -0.0771. The van der Waals surface area contributed by atoms with Gasteiger partial charge in [0, 0.05) is 38.4 Å². The molecular formula is C17H23N3O2S. The van der Waals surface area contributed by atoms with E-state index in [9.17, 15) is 9.90 Å². The number of anilines is 1. The van der Waals surface area contributed by atoms with Crippen molar-refractivity contribution in [2.24, 2.45) is 0 Å². The number of hydrogen-bond donors (Lipinski definition) is 1. The van der Waals surface area contributed by atoms with Crippen molar-refractivity contribution in [2.75, 3.05) is 37.6 Å². The molecule has 0 atom stereocenters. The summed E-state index contributed by atoms with van der Waals surface area (Å²) in [5.41, 5.74) is 2.60. The molecule has 0 saturated carbocycles. The van der Waals surface area contributed by atoms with Crippen molar-refractivity contribution >= 4 is 17.0 Å². The molecule has 1 aliphatic heterocycles. The third-order valence-corrected chi connectivity index (χ3v) is 5.11. The first-order valence-corrected chi connectivity index (χ1v) is 8.93. The molecule has 5 nitrogen and oxygen atoms in total. The highest BCUT2D eigenvalue weighted by atomic mass is 32.1. The summed E-state index contributed by atoms with van der Waals surface area (Å²) in [6, 6.07) is 8.65. The number of aromatic hydroxyl groups is 1. The van der Waals surface area contributed by atoms with Crippen LogP contribution >= 0.6 is 11.3 Å². The van der Waals surface area contributed by atoms with Crippen LogP contribution in [0.15, 0.2) is 34.4 Å². The van der Waals surface area contributed by atoms with E-state index in [2.05, 4.69) is 41.0 Å². The van der Waals surface area contributed by atoms with Gasteiger partial charge in [0.1, 0.15) is 0 Å². The van der Waals surface area contributed by atoms with Gasteiger partial charge in [0.25, 0.3) is 0 Å². The SMILES string of the molecule is Cc1cccc(N2CCN(CCCn3c(O)csc3=O)CC2)c1. The summed E-state index contributed by atoms with van der Waals surface area (Å²) in [7, 11) is 0. The maximum Gasteiger partial charge on any atom is 0.309 e. The predicted molar refractivity (Wildman–Crippen MR) is 94.7 cm³/mol. The van der Waals surface area contributed by atoms with Gasteiger partial charge in [0.2, 0.25) is 5.88 Å². The Balaban J connectivity index is 1.45. The number of aromatic nitrogens is 1. The van der Waals surface area contributed by atoms with Gasteiger partial charge in [-0.1, -0.05) is 23.5 Å². The molecule has 0 bridgehead atoms. The molecule has 1 aromatic carbocycles. The summed E-state index contributed by atoms with van der Waals surface area (Å²) >= 11 is 1.05. The molecule has 0 aliphatic carbocycles. The summed E-state index contributed by atoms with van der Waals surface area (Å²) < 4.78 is 1.45. The second kappa shape index (κ2) is 7.19. The first kappa shape index (κ1) is 16.1. The number of thiazole rings is 1. The summed E-state index contributed by atoms with van der Waals surface area (Å²) in [6.07, 6.45) is 0.884. The van der Waals surface area contributed by atoms with Gasteiger partial charge < -0.3 is 10.0 Å². The predicted octanol–water partition coefficient (Wildman–Crippen LogP) is 2.14. The van der Waals surface area contributed by atoms with Gasteiger partial charge in [-0.15, -0.1) is 0 Å². The first-order chi connectivity index (χ1) is 11.1. The van der Waals surface area contributed by atoms with Gasteiger partial charge in [0.15, 0.2) is 0 Å². The molecule has 1 aliphatic rings. The largest absolute Gasteiger partial charge is 0.494 e. The van der Waals surface area contributed by atoms with Gasteiger partial charge in [-0.05, 0) is 37.6 Å². The number of piperazine rings is 1. The standard InChI is InChI=1S/C17H23N3O2S/c1-14-4-2-5-15(12-14)19-10-8-18(9-11-19)6-3-7-20-16(21)13-23-17(20)22/h2,4-5,12-13,21H,3,6-11H2,1H3. The zero-order valence-electron chi connectivity index (χ0n) is 13.4. The van der Waals surface area contributed by atoms with E-state index in [1.807, 2.05) is 0 Å². The molecule has 0 amide bonds. The van der Waals surface area contributed by atoms with Gasteiger partial charge in [0.05, 0.1) is 5.38 Å². The molecule has 1 saturated heterocycles. The average Bonchev–Trinajstić information content (AvgIpc) is 2.87. The molecule has 0 radical (unpaired) electrons. The van der Waals surface area contributed by atoms with E-state index < -0.39 is 0 Å². The van der Waals surface area contributed by atoms with Crippen molar-refractivity contribution in [1.82, 2.24) is 9.47 Å². The number of nitrogens with zero attached hydrogens (tertiary/aromatic N) is 3. The van der Waals surface area contributed by atoms with Crippen LogP contribution < -0.4 is 9.77 Å². The molecule has 3 rings (SSSR count). The Hall–Kier alpha value is -1.79. The fraction of sp³-hybridized carbons (Fsp3) is 0.471. The summed E-state index contributed by atoms with van der Waals surface area (Å²) in [6.45, 7) is 7.83. The fourth-order valence-electron chi connectivity index (χ4n) is 3.04. The van der Waals surface area contributed by atoms with Crippen LogP contribution in [0.3, 0.4) is 0 Å². The minimum absolute atomic E-state index is 0.0771. The molecule has 0 unspecified atom stereocenters. The van der Waals surface area contributed by atoms with E-state index in [-0.39, 0.29) is 10.8 Å². The average molecular weight is 333 g/mol. The molecule has 1 aromatic heterocycles. The zero-order chi connectivity index (χ0) is 16.2. The number of rotatable bonds is 5. The summed E-state index contributed by atoms with van der Waals surface area (Å²) in [4.78, 5) is 16.3. The smallest absolute Gasteiger partial charge is 0.309 e. The van der Waals surface area contributed by atoms with Crippen molar-refractivity contribution in [3.05, 3.63) is 44.9 Å². The van der Waals surface area contributed by atoms with E-state index in [4.69, 9.17) is 0 Å². The molecule has 2 aromatic rings. The number of benzene rings is 1. The molecular weight excluding hydrogens is 310 g/mol. The number of hydrogen-bond acceptors (Lipinski definition) is 5. The Morgan fingerprint density at radius 3 is 2.61 bits per heavy atom. The monoisotopic (exact) mass is 333 g/mol. The summed E-state index contributed by atoms with van der Waals surface area (Å²) in [5.74, 6) is 0.0873. The van der Waals surface area contributed by atoms with E-state index in [0.717, 1.165) is 50.5 Å². The van der Waals surface area contributed by atoms with Crippen molar-refractivity contribution in [2.45, 2.75) is 19.9 Å². The second-order valence-corrected chi connectivity index (χ2v) is 6.85. The molecule has 1 fully saturated rings. The molecule has 124 valence electrons. The molecule has 0 spiro atoms. The number of aryl methyl sites for hydroxylation is 1. The van der Waals surface area contributed by atoms with Gasteiger partial charge in [-0.25, -0.2) is 0 Å². The normalized spacial score (nSPS) is 16.0. The quantitative estimate of drug-likeness (QED) is 0.911. The van der Waals surface area contributed by atoms with Crippen LogP contribution in [0.25, 0.3) is 0 Å². The third-order valence-electron chi connectivity index (χ3n) is 4.36.